The number of ether oxygens (including phenoxy) is 1. The van der Waals surface area contributed by atoms with Crippen LogP contribution in [0.5, 0.6) is 0 Å². The molecule has 0 spiro atoms. The molecule has 0 fully saturated rings. The van der Waals surface area contributed by atoms with Gasteiger partial charge in [0.25, 0.3) is 0 Å². The Bertz CT molecular complexity index is 263. The summed E-state index contributed by atoms with van der Waals surface area (Å²) in [6.07, 6.45) is 6.49. The highest BCUT2D eigenvalue weighted by Crippen LogP contribution is 2.35. The number of rotatable bonds is 3. The molecule has 72 valence electrons. The zero-order chi connectivity index (χ0) is 9.90. The fraction of sp³-hybridized carbons (Fsp3) is 0.545. The number of carbonyl (C=O) groups excluding carboxylic acids is 1. The van der Waals surface area contributed by atoms with E-state index in [0.717, 1.165) is 18.5 Å². The van der Waals surface area contributed by atoms with Crippen LogP contribution in [0.3, 0.4) is 0 Å². The van der Waals surface area contributed by atoms with E-state index >= 15 is 0 Å². The monoisotopic (exact) mass is 180 g/mol. The second-order valence-electron chi connectivity index (χ2n) is 3.88. The van der Waals surface area contributed by atoms with Crippen LogP contribution in [0.1, 0.15) is 26.7 Å². The van der Waals surface area contributed by atoms with Crippen LogP contribution in [0.15, 0.2) is 23.5 Å². The Balaban J connectivity index is 2.79. The van der Waals surface area contributed by atoms with Gasteiger partial charge in [0.1, 0.15) is 12.0 Å². The van der Waals surface area contributed by atoms with Gasteiger partial charge in [-0.3, -0.25) is 0 Å². The van der Waals surface area contributed by atoms with E-state index in [-0.39, 0.29) is 5.41 Å². The lowest BCUT2D eigenvalue weighted by Gasteiger charge is -2.28. The van der Waals surface area contributed by atoms with Crippen molar-refractivity contribution in [1.29, 1.82) is 0 Å². The summed E-state index contributed by atoms with van der Waals surface area (Å²) in [7, 11) is 1.67. The maximum Gasteiger partial charge on any atom is 0.120 e. The number of hydrogen-bond acceptors (Lipinski definition) is 2. The quantitative estimate of drug-likeness (QED) is 0.624. The highest BCUT2D eigenvalue weighted by atomic mass is 16.5. The van der Waals surface area contributed by atoms with Crippen molar-refractivity contribution in [2.45, 2.75) is 26.7 Å². The van der Waals surface area contributed by atoms with Gasteiger partial charge < -0.3 is 9.53 Å². The Morgan fingerprint density at radius 3 is 2.85 bits per heavy atom. The third-order valence-electron chi connectivity index (χ3n) is 2.50. The molecule has 0 saturated heterocycles. The summed E-state index contributed by atoms with van der Waals surface area (Å²) < 4.78 is 5.18. The molecule has 2 nitrogen and oxygen atoms in total. The lowest BCUT2D eigenvalue weighted by Crippen LogP contribution is -2.18. The molecule has 0 saturated carbocycles. The SMILES string of the molecule is COC1=C(C)CC(C)(CC=O)C=C1. The van der Waals surface area contributed by atoms with Gasteiger partial charge in [-0.1, -0.05) is 13.0 Å². The first-order valence-electron chi connectivity index (χ1n) is 4.48. The van der Waals surface area contributed by atoms with Crippen molar-refractivity contribution >= 4 is 6.29 Å². The number of carbonyl (C=O) groups is 1. The average molecular weight is 180 g/mol. The maximum absolute atomic E-state index is 10.5. The van der Waals surface area contributed by atoms with Crippen molar-refractivity contribution in [3.05, 3.63) is 23.5 Å². The maximum atomic E-state index is 10.5. The first-order valence-corrected chi connectivity index (χ1v) is 4.48. The Kier molecular flexibility index (Phi) is 2.91. The Hall–Kier alpha value is -1.05. The molecule has 0 amide bonds. The lowest BCUT2D eigenvalue weighted by atomic mass is 9.78. The van der Waals surface area contributed by atoms with Crippen LogP contribution in [-0.2, 0) is 9.53 Å². The van der Waals surface area contributed by atoms with E-state index in [1.807, 2.05) is 13.0 Å². The summed E-state index contributed by atoms with van der Waals surface area (Å²) in [6.45, 7) is 4.14. The van der Waals surface area contributed by atoms with Crippen LogP contribution in [0, 0.1) is 5.41 Å². The normalized spacial score (nSPS) is 27.6. The van der Waals surface area contributed by atoms with Gasteiger partial charge in [0.05, 0.1) is 7.11 Å². The van der Waals surface area contributed by atoms with Crippen molar-refractivity contribution in [1.82, 2.24) is 0 Å². The lowest BCUT2D eigenvalue weighted by molar-refractivity contribution is -0.109. The van der Waals surface area contributed by atoms with E-state index in [9.17, 15) is 4.79 Å². The molecule has 0 radical (unpaired) electrons. The number of methoxy groups -OCH3 is 1. The minimum Gasteiger partial charge on any atom is -0.497 e. The Labute approximate surface area is 79.3 Å². The average Bonchev–Trinajstić information content (AvgIpc) is 2.04. The van der Waals surface area contributed by atoms with E-state index in [1.165, 1.54) is 5.57 Å². The second kappa shape index (κ2) is 3.77. The van der Waals surface area contributed by atoms with Gasteiger partial charge in [-0.05, 0) is 30.4 Å². The fourth-order valence-electron chi connectivity index (χ4n) is 1.74. The standard InChI is InChI=1S/C11H16O2/c1-9-8-11(2,6-7-12)5-4-10(9)13-3/h4-5,7H,6,8H2,1-3H3. The highest BCUT2D eigenvalue weighted by molar-refractivity contribution is 5.52. The summed E-state index contributed by atoms with van der Waals surface area (Å²) >= 11 is 0. The van der Waals surface area contributed by atoms with Crippen molar-refractivity contribution in [3.8, 4) is 0 Å². The first-order chi connectivity index (χ1) is 6.11. The molecule has 0 N–H and O–H groups in total. The zero-order valence-corrected chi connectivity index (χ0v) is 8.46. The van der Waals surface area contributed by atoms with Crippen LogP contribution in [0.25, 0.3) is 0 Å². The highest BCUT2D eigenvalue weighted by Gasteiger charge is 2.25. The number of aldehydes is 1. The van der Waals surface area contributed by atoms with Crippen molar-refractivity contribution in [2.24, 2.45) is 5.41 Å². The molecule has 1 rings (SSSR count). The van der Waals surface area contributed by atoms with E-state index in [0.29, 0.717) is 6.42 Å². The van der Waals surface area contributed by atoms with Gasteiger partial charge in [-0.15, -0.1) is 0 Å². The third-order valence-corrected chi connectivity index (χ3v) is 2.50. The minimum absolute atomic E-state index is 0.00609. The topological polar surface area (TPSA) is 26.3 Å². The predicted octanol–water partition coefficient (Wildman–Crippen LogP) is 2.46. The van der Waals surface area contributed by atoms with Crippen molar-refractivity contribution in [3.63, 3.8) is 0 Å². The molecule has 13 heavy (non-hydrogen) atoms. The molecule has 2 heteroatoms. The molecule has 1 aliphatic rings. The summed E-state index contributed by atoms with van der Waals surface area (Å²) in [5.74, 6) is 0.934. The van der Waals surface area contributed by atoms with Gasteiger partial charge in [0.15, 0.2) is 0 Å². The second-order valence-corrected chi connectivity index (χ2v) is 3.88. The van der Waals surface area contributed by atoms with Crippen LogP contribution in [0.2, 0.25) is 0 Å². The molecule has 0 bridgehead atoms. The van der Waals surface area contributed by atoms with Gasteiger partial charge in [0, 0.05) is 6.42 Å². The van der Waals surface area contributed by atoms with Crippen LogP contribution >= 0.6 is 0 Å². The van der Waals surface area contributed by atoms with Crippen LogP contribution in [-0.4, -0.2) is 13.4 Å². The van der Waals surface area contributed by atoms with E-state index < -0.39 is 0 Å². The smallest absolute Gasteiger partial charge is 0.120 e. The molecule has 0 aromatic rings. The van der Waals surface area contributed by atoms with Crippen molar-refractivity contribution < 1.29 is 9.53 Å². The Morgan fingerprint density at radius 2 is 2.38 bits per heavy atom. The third kappa shape index (κ3) is 2.20. The molecular weight excluding hydrogens is 164 g/mol. The predicted molar refractivity (Wildman–Crippen MR) is 52.3 cm³/mol. The summed E-state index contributed by atoms with van der Waals surface area (Å²) in [5.41, 5.74) is 1.21. The molecule has 0 aromatic heterocycles. The molecule has 1 aliphatic carbocycles. The van der Waals surface area contributed by atoms with Gasteiger partial charge in [-0.2, -0.15) is 0 Å². The zero-order valence-electron chi connectivity index (χ0n) is 8.46. The Morgan fingerprint density at radius 1 is 1.69 bits per heavy atom. The molecular formula is C11H16O2. The van der Waals surface area contributed by atoms with Crippen molar-refractivity contribution in [2.75, 3.05) is 7.11 Å². The molecule has 0 heterocycles. The molecule has 1 atom stereocenters. The van der Waals surface area contributed by atoms with Gasteiger partial charge >= 0.3 is 0 Å². The van der Waals surface area contributed by atoms with E-state index in [4.69, 9.17) is 4.74 Å². The first kappa shape index (κ1) is 10.0. The van der Waals surface area contributed by atoms with E-state index in [2.05, 4.69) is 13.0 Å². The number of allylic oxidation sites excluding steroid dienone is 3. The van der Waals surface area contributed by atoms with Crippen LogP contribution < -0.4 is 0 Å². The summed E-state index contributed by atoms with van der Waals surface area (Å²) in [5, 5.41) is 0. The molecule has 0 aliphatic heterocycles. The summed E-state index contributed by atoms with van der Waals surface area (Å²) in [6, 6.07) is 0. The van der Waals surface area contributed by atoms with Crippen LogP contribution in [0.4, 0.5) is 0 Å². The van der Waals surface area contributed by atoms with E-state index in [1.54, 1.807) is 7.11 Å². The summed E-state index contributed by atoms with van der Waals surface area (Å²) in [4.78, 5) is 10.5. The minimum atomic E-state index is -0.00609. The number of hydrogen-bond donors (Lipinski definition) is 0. The van der Waals surface area contributed by atoms with Gasteiger partial charge in [-0.25, -0.2) is 0 Å². The largest absolute Gasteiger partial charge is 0.497 e. The molecule has 0 aromatic carbocycles. The molecule has 1 unspecified atom stereocenters. The van der Waals surface area contributed by atoms with Gasteiger partial charge in [0.2, 0.25) is 0 Å². The fourth-order valence-corrected chi connectivity index (χ4v) is 1.74.